The smallest absolute Gasteiger partial charge is 0.293 e. The highest BCUT2D eigenvalue weighted by atomic mass is 16.1. The molecule has 1 heterocycles. The van der Waals surface area contributed by atoms with E-state index in [1.807, 2.05) is 32.7 Å². The van der Waals surface area contributed by atoms with E-state index in [-0.39, 0.29) is 11.1 Å². The molecule has 18 heavy (non-hydrogen) atoms. The van der Waals surface area contributed by atoms with Gasteiger partial charge in [-0.25, -0.2) is 4.98 Å². The van der Waals surface area contributed by atoms with Crippen molar-refractivity contribution in [1.29, 1.82) is 0 Å². The molecule has 1 atom stereocenters. The number of rotatable bonds is 4. The van der Waals surface area contributed by atoms with Crippen LogP contribution < -0.4 is 16.2 Å². The molecule has 0 bridgehead atoms. The van der Waals surface area contributed by atoms with Crippen LogP contribution in [0.2, 0.25) is 0 Å². The lowest BCUT2D eigenvalue weighted by Crippen LogP contribution is -2.39. The summed E-state index contributed by atoms with van der Waals surface area (Å²) in [6, 6.07) is 0. The van der Waals surface area contributed by atoms with Crippen LogP contribution in [-0.4, -0.2) is 29.7 Å². The number of hydrogen-bond acceptors (Lipinski definition) is 4. The molecule has 0 fully saturated rings. The molecule has 1 rings (SSSR count). The first-order valence-corrected chi connectivity index (χ1v) is 6.26. The Morgan fingerprint density at radius 3 is 2.61 bits per heavy atom. The monoisotopic (exact) mass is 252 g/mol. The normalized spacial score (nSPS) is 13.4. The SMILES string of the molecule is CC(CN)CN(C)c1nccn(C(C)(C)C)c1=O. The van der Waals surface area contributed by atoms with Gasteiger partial charge in [0.2, 0.25) is 0 Å². The van der Waals surface area contributed by atoms with Crippen LogP contribution in [0.5, 0.6) is 0 Å². The number of nitrogens with zero attached hydrogens (tertiary/aromatic N) is 3. The molecule has 0 saturated heterocycles. The minimum Gasteiger partial charge on any atom is -0.355 e. The first-order chi connectivity index (χ1) is 8.27. The zero-order valence-electron chi connectivity index (χ0n) is 12.0. The molecule has 0 aliphatic rings. The Bertz CT molecular complexity index is 447. The minimum atomic E-state index is -0.241. The second-order valence-corrected chi connectivity index (χ2v) is 5.82. The quantitative estimate of drug-likeness (QED) is 0.869. The van der Waals surface area contributed by atoms with Crippen LogP contribution in [0.3, 0.4) is 0 Å². The summed E-state index contributed by atoms with van der Waals surface area (Å²) in [6.07, 6.45) is 3.40. The fourth-order valence-corrected chi connectivity index (χ4v) is 1.82. The van der Waals surface area contributed by atoms with E-state index in [0.717, 1.165) is 6.54 Å². The molecule has 5 heteroatoms. The van der Waals surface area contributed by atoms with Crippen molar-refractivity contribution in [2.24, 2.45) is 11.7 Å². The Hall–Kier alpha value is -1.36. The highest BCUT2D eigenvalue weighted by Crippen LogP contribution is 2.12. The first kappa shape index (κ1) is 14.7. The van der Waals surface area contributed by atoms with Gasteiger partial charge in [-0.05, 0) is 33.2 Å². The molecule has 0 aliphatic carbocycles. The predicted octanol–water partition coefficient (Wildman–Crippen LogP) is 1.03. The van der Waals surface area contributed by atoms with Crippen molar-refractivity contribution in [1.82, 2.24) is 9.55 Å². The first-order valence-electron chi connectivity index (χ1n) is 6.26. The van der Waals surface area contributed by atoms with E-state index in [1.165, 1.54) is 0 Å². The summed E-state index contributed by atoms with van der Waals surface area (Å²) in [5.41, 5.74) is 5.31. The number of nitrogens with two attached hydrogens (primary N) is 1. The second kappa shape index (κ2) is 5.52. The largest absolute Gasteiger partial charge is 0.355 e. The Kier molecular flexibility index (Phi) is 4.51. The summed E-state index contributed by atoms with van der Waals surface area (Å²) < 4.78 is 1.71. The van der Waals surface area contributed by atoms with Crippen LogP contribution in [0.25, 0.3) is 0 Å². The lowest BCUT2D eigenvalue weighted by molar-refractivity contribution is 0.382. The van der Waals surface area contributed by atoms with Gasteiger partial charge in [0.15, 0.2) is 5.82 Å². The fraction of sp³-hybridized carbons (Fsp3) is 0.692. The van der Waals surface area contributed by atoms with Gasteiger partial charge in [-0.15, -0.1) is 0 Å². The van der Waals surface area contributed by atoms with Crippen molar-refractivity contribution >= 4 is 5.82 Å². The minimum absolute atomic E-state index is 0.0586. The van der Waals surface area contributed by atoms with Gasteiger partial charge < -0.3 is 15.2 Å². The third-order valence-electron chi connectivity index (χ3n) is 2.89. The molecule has 0 saturated carbocycles. The molecule has 0 spiro atoms. The van der Waals surface area contributed by atoms with Crippen LogP contribution in [0.1, 0.15) is 27.7 Å². The molecule has 1 unspecified atom stereocenters. The molecule has 102 valence electrons. The number of aromatic nitrogens is 2. The molecule has 1 aromatic rings. The summed E-state index contributed by atoms with van der Waals surface area (Å²) in [5, 5.41) is 0. The Morgan fingerprint density at radius 1 is 1.50 bits per heavy atom. The van der Waals surface area contributed by atoms with Crippen molar-refractivity contribution in [3.8, 4) is 0 Å². The highest BCUT2D eigenvalue weighted by molar-refractivity contribution is 5.34. The molecule has 2 N–H and O–H groups in total. The molecule has 0 amide bonds. The maximum Gasteiger partial charge on any atom is 0.293 e. The molecule has 0 radical (unpaired) electrons. The third kappa shape index (κ3) is 3.32. The highest BCUT2D eigenvalue weighted by Gasteiger charge is 2.18. The van der Waals surface area contributed by atoms with Crippen LogP contribution in [0.4, 0.5) is 5.82 Å². The zero-order valence-corrected chi connectivity index (χ0v) is 12.0. The van der Waals surface area contributed by atoms with Crippen LogP contribution in [0, 0.1) is 5.92 Å². The number of anilines is 1. The summed E-state index contributed by atoms with van der Waals surface area (Å²) in [5.74, 6) is 0.812. The van der Waals surface area contributed by atoms with E-state index in [2.05, 4.69) is 11.9 Å². The molecule has 0 aliphatic heterocycles. The molecule has 1 aromatic heterocycles. The van der Waals surface area contributed by atoms with E-state index in [9.17, 15) is 4.79 Å². The summed E-state index contributed by atoms with van der Waals surface area (Å²) in [7, 11) is 1.88. The molecule has 5 nitrogen and oxygen atoms in total. The predicted molar refractivity (Wildman–Crippen MR) is 75.0 cm³/mol. The van der Waals surface area contributed by atoms with Gasteiger partial charge in [0.1, 0.15) is 0 Å². The van der Waals surface area contributed by atoms with Gasteiger partial charge in [0.25, 0.3) is 5.56 Å². The van der Waals surface area contributed by atoms with Crippen molar-refractivity contribution < 1.29 is 0 Å². The van der Waals surface area contributed by atoms with E-state index in [4.69, 9.17) is 5.73 Å². The molecular formula is C13H24N4O. The Morgan fingerprint density at radius 2 is 2.11 bits per heavy atom. The Labute approximate surface area is 109 Å². The van der Waals surface area contributed by atoms with Gasteiger partial charge in [0.05, 0.1) is 0 Å². The topological polar surface area (TPSA) is 64.2 Å². The number of hydrogen-bond donors (Lipinski definition) is 1. The van der Waals surface area contributed by atoms with Crippen molar-refractivity contribution in [2.45, 2.75) is 33.2 Å². The average molecular weight is 252 g/mol. The van der Waals surface area contributed by atoms with E-state index in [0.29, 0.717) is 18.3 Å². The van der Waals surface area contributed by atoms with E-state index >= 15 is 0 Å². The standard InChI is InChI=1S/C13H24N4O/c1-10(8-14)9-16(5)11-12(18)17(7-6-15-11)13(2,3)4/h6-7,10H,8-9,14H2,1-5H3. The van der Waals surface area contributed by atoms with Gasteiger partial charge in [-0.3, -0.25) is 4.79 Å². The van der Waals surface area contributed by atoms with Gasteiger partial charge in [-0.1, -0.05) is 6.92 Å². The second-order valence-electron chi connectivity index (χ2n) is 5.82. The van der Waals surface area contributed by atoms with Crippen LogP contribution in [0.15, 0.2) is 17.2 Å². The zero-order chi connectivity index (χ0) is 13.9. The summed E-state index contributed by atoms with van der Waals surface area (Å²) in [4.78, 5) is 18.4. The van der Waals surface area contributed by atoms with Crippen molar-refractivity contribution in [3.63, 3.8) is 0 Å². The molecule has 0 aromatic carbocycles. The van der Waals surface area contributed by atoms with E-state index < -0.39 is 0 Å². The van der Waals surface area contributed by atoms with Crippen molar-refractivity contribution in [2.75, 3.05) is 25.0 Å². The van der Waals surface area contributed by atoms with E-state index in [1.54, 1.807) is 17.0 Å². The summed E-state index contributed by atoms with van der Waals surface area (Å²) in [6.45, 7) is 9.39. The van der Waals surface area contributed by atoms with Gasteiger partial charge >= 0.3 is 0 Å². The third-order valence-corrected chi connectivity index (χ3v) is 2.89. The lowest BCUT2D eigenvalue weighted by atomic mass is 10.1. The van der Waals surface area contributed by atoms with Crippen molar-refractivity contribution in [3.05, 3.63) is 22.7 Å². The lowest BCUT2D eigenvalue weighted by Gasteiger charge is -2.25. The maximum atomic E-state index is 12.4. The van der Waals surface area contributed by atoms with Crippen LogP contribution in [-0.2, 0) is 5.54 Å². The van der Waals surface area contributed by atoms with Gasteiger partial charge in [-0.2, -0.15) is 0 Å². The fourth-order valence-electron chi connectivity index (χ4n) is 1.82. The molecular weight excluding hydrogens is 228 g/mol. The van der Waals surface area contributed by atoms with Gasteiger partial charge in [0, 0.05) is 31.5 Å². The average Bonchev–Trinajstić information content (AvgIpc) is 2.27. The summed E-state index contributed by atoms with van der Waals surface area (Å²) >= 11 is 0. The maximum absolute atomic E-state index is 12.4. The van der Waals surface area contributed by atoms with Crippen LogP contribution >= 0.6 is 0 Å². The Balaban J connectivity index is 3.08.